The number of carbonyl (C=O) groups is 3. The van der Waals surface area contributed by atoms with E-state index in [1.165, 1.54) is 18.1 Å². The minimum absolute atomic E-state index is 0.0826. The van der Waals surface area contributed by atoms with Crippen LogP contribution in [-0.4, -0.2) is 78.9 Å². The third-order valence-corrected chi connectivity index (χ3v) is 7.92. The number of rotatable bonds is 5. The Balaban J connectivity index is 0.000000261. The average Bonchev–Trinajstić information content (AvgIpc) is 3.18. The van der Waals surface area contributed by atoms with Crippen LogP contribution in [0, 0.1) is 5.41 Å². The number of carboxylic acid groups (broad SMARTS) is 2. The van der Waals surface area contributed by atoms with E-state index in [1.807, 2.05) is 22.8 Å². The maximum Gasteiger partial charge on any atom is 0.364 e. The van der Waals surface area contributed by atoms with Gasteiger partial charge in [-0.1, -0.05) is 25.1 Å². The van der Waals surface area contributed by atoms with Crippen LogP contribution in [0.1, 0.15) is 56.3 Å². The van der Waals surface area contributed by atoms with Gasteiger partial charge >= 0.3 is 17.9 Å². The van der Waals surface area contributed by atoms with Gasteiger partial charge in [0, 0.05) is 24.0 Å². The molecule has 196 valence electrons. The number of piperidine rings is 1. The third kappa shape index (κ3) is 3.96. The summed E-state index contributed by atoms with van der Waals surface area (Å²) >= 11 is 0. The quantitative estimate of drug-likeness (QED) is 0.294. The van der Waals surface area contributed by atoms with Crippen molar-refractivity contribution in [2.45, 2.75) is 63.0 Å². The molecule has 2 aromatic rings. The summed E-state index contributed by atoms with van der Waals surface area (Å²) in [7, 11) is 1.37. The largest absolute Gasteiger partial charge is 0.481 e. The second-order valence-corrected chi connectivity index (χ2v) is 9.90. The minimum Gasteiger partial charge on any atom is -0.481 e. The molecule has 1 fully saturated rings. The van der Waals surface area contributed by atoms with Crippen LogP contribution in [0.2, 0.25) is 0 Å². The lowest BCUT2D eigenvalue weighted by Gasteiger charge is -2.57. The van der Waals surface area contributed by atoms with Crippen molar-refractivity contribution in [2.75, 3.05) is 20.2 Å². The molecule has 1 saturated heterocycles. The zero-order valence-corrected chi connectivity index (χ0v) is 20.3. The number of aromatic nitrogens is 1. The van der Waals surface area contributed by atoms with Crippen LogP contribution in [0.4, 0.5) is 0 Å². The molecule has 5 rings (SSSR count). The normalized spacial score (nSPS) is 27.0. The second kappa shape index (κ2) is 9.15. The number of carbonyl (C=O) groups excluding carboxylic acids is 1. The molecule has 3 atom stereocenters. The summed E-state index contributed by atoms with van der Waals surface area (Å²) in [6, 6.07) is 8.45. The fourth-order valence-corrected chi connectivity index (χ4v) is 6.39. The molecule has 4 heterocycles. The first-order chi connectivity index (χ1) is 16.9. The SMILES string of the molecule is CCC12CCCN3CCc4c(n(c5ccccc45)C(O)(C(=O)OC)C1)C32.O=C(O)CC(O)(O)C(=O)O. The van der Waals surface area contributed by atoms with E-state index in [9.17, 15) is 19.5 Å². The number of esters is 1. The maximum absolute atomic E-state index is 12.8. The fraction of sp³-hybridized carbons (Fsp3) is 0.560. The summed E-state index contributed by atoms with van der Waals surface area (Å²) < 4.78 is 7.01. The predicted molar refractivity (Wildman–Crippen MR) is 126 cm³/mol. The molecular formula is C25H32N2O9. The van der Waals surface area contributed by atoms with Crippen LogP contribution in [0.25, 0.3) is 10.9 Å². The number of fused-ring (bicyclic) bond motifs is 3. The lowest BCUT2D eigenvalue weighted by Crippen LogP contribution is -2.60. The van der Waals surface area contributed by atoms with E-state index in [2.05, 4.69) is 17.9 Å². The van der Waals surface area contributed by atoms with Crippen molar-refractivity contribution in [1.82, 2.24) is 9.47 Å². The Bertz CT molecular complexity index is 1210. The van der Waals surface area contributed by atoms with Gasteiger partial charge in [0.2, 0.25) is 5.72 Å². The minimum atomic E-state index is -3.16. The summed E-state index contributed by atoms with van der Waals surface area (Å²) in [5.74, 6) is -7.27. The lowest BCUT2D eigenvalue weighted by molar-refractivity contribution is -0.208. The van der Waals surface area contributed by atoms with Crippen LogP contribution >= 0.6 is 0 Å². The zero-order chi connectivity index (χ0) is 26.5. The highest BCUT2D eigenvalue weighted by Crippen LogP contribution is 2.60. The molecule has 1 aromatic heterocycles. The third-order valence-electron chi connectivity index (χ3n) is 7.92. The van der Waals surface area contributed by atoms with Crippen molar-refractivity contribution >= 4 is 28.8 Å². The molecule has 11 heteroatoms. The molecular weight excluding hydrogens is 472 g/mol. The van der Waals surface area contributed by atoms with Crippen LogP contribution in [-0.2, 0) is 31.3 Å². The maximum atomic E-state index is 12.8. The van der Waals surface area contributed by atoms with Gasteiger partial charge in [0.05, 0.1) is 18.7 Å². The van der Waals surface area contributed by atoms with Gasteiger partial charge in [-0.05, 0) is 49.3 Å². The van der Waals surface area contributed by atoms with Crippen molar-refractivity contribution in [3.63, 3.8) is 0 Å². The number of aliphatic hydroxyl groups is 3. The van der Waals surface area contributed by atoms with Gasteiger partial charge in [-0.2, -0.15) is 0 Å². The van der Waals surface area contributed by atoms with Gasteiger partial charge in [-0.15, -0.1) is 0 Å². The number of nitrogens with zero attached hydrogens (tertiary/aromatic N) is 2. The molecule has 36 heavy (non-hydrogen) atoms. The fourth-order valence-electron chi connectivity index (χ4n) is 6.39. The Labute approximate surface area is 207 Å². The number of para-hydroxylation sites is 1. The molecule has 1 aromatic carbocycles. The van der Waals surface area contributed by atoms with E-state index in [0.717, 1.165) is 50.0 Å². The number of carboxylic acids is 2. The van der Waals surface area contributed by atoms with Gasteiger partial charge in [0.15, 0.2) is 0 Å². The van der Waals surface area contributed by atoms with Crippen molar-refractivity contribution < 1.29 is 44.7 Å². The Morgan fingerprint density at radius 3 is 2.44 bits per heavy atom. The molecule has 0 bridgehead atoms. The molecule has 3 aliphatic heterocycles. The lowest BCUT2D eigenvalue weighted by atomic mass is 9.62. The smallest absolute Gasteiger partial charge is 0.364 e. The topological polar surface area (TPSA) is 170 Å². The molecule has 5 N–H and O–H groups in total. The van der Waals surface area contributed by atoms with Crippen molar-refractivity contribution in [3.05, 3.63) is 35.5 Å². The highest BCUT2D eigenvalue weighted by Gasteiger charge is 2.60. The number of ether oxygens (including phenoxy) is 1. The van der Waals surface area contributed by atoms with E-state index in [4.69, 9.17) is 25.2 Å². The van der Waals surface area contributed by atoms with E-state index >= 15 is 0 Å². The number of benzene rings is 1. The first kappa shape index (κ1) is 26.1. The van der Waals surface area contributed by atoms with Gasteiger partial charge in [-0.3, -0.25) is 9.69 Å². The molecule has 0 saturated carbocycles. The standard InChI is InChI=1S/C21H26N2O3.C4H6O6/c1-3-20-10-6-11-22-12-9-15-14-7-4-5-8-16(14)23(17(15)18(20)22)21(25,13-20)19(24)26-2;5-2(6)1-4(9,10)3(7)8/h4-5,7-8,18,25H,3,6,9-13H2,1-2H3;9-10H,1H2,(H,5,6)(H,7,8). The number of hydrogen-bond acceptors (Lipinski definition) is 8. The molecule has 0 aliphatic carbocycles. The van der Waals surface area contributed by atoms with Gasteiger partial charge in [0.1, 0.15) is 6.42 Å². The van der Waals surface area contributed by atoms with E-state index in [-0.39, 0.29) is 11.5 Å². The Morgan fingerprint density at radius 1 is 1.17 bits per heavy atom. The van der Waals surface area contributed by atoms with E-state index in [0.29, 0.717) is 6.42 Å². The van der Waals surface area contributed by atoms with Crippen LogP contribution in [0.15, 0.2) is 24.3 Å². The number of methoxy groups -OCH3 is 1. The summed E-state index contributed by atoms with van der Waals surface area (Å²) in [4.78, 5) is 34.9. The summed E-state index contributed by atoms with van der Waals surface area (Å²) in [6.45, 7) is 4.36. The summed E-state index contributed by atoms with van der Waals surface area (Å²) in [5, 5.41) is 45.4. The highest BCUT2D eigenvalue weighted by atomic mass is 16.5. The average molecular weight is 505 g/mol. The first-order valence-corrected chi connectivity index (χ1v) is 12.0. The molecule has 0 amide bonds. The van der Waals surface area contributed by atoms with Crippen molar-refractivity contribution in [3.8, 4) is 0 Å². The second-order valence-electron chi connectivity index (χ2n) is 9.90. The predicted octanol–water partition coefficient (Wildman–Crippen LogP) is 1.18. The van der Waals surface area contributed by atoms with Gasteiger partial charge in [0.25, 0.3) is 5.79 Å². The van der Waals surface area contributed by atoms with Crippen molar-refractivity contribution in [2.24, 2.45) is 5.41 Å². The number of hydrogen-bond donors (Lipinski definition) is 5. The molecule has 3 aliphatic rings. The summed E-state index contributed by atoms with van der Waals surface area (Å²) in [5.41, 5.74) is 1.69. The molecule has 0 spiro atoms. The molecule has 3 unspecified atom stereocenters. The van der Waals surface area contributed by atoms with Crippen LogP contribution in [0.5, 0.6) is 0 Å². The Morgan fingerprint density at radius 2 is 1.86 bits per heavy atom. The van der Waals surface area contributed by atoms with Crippen LogP contribution < -0.4 is 0 Å². The molecule has 11 nitrogen and oxygen atoms in total. The number of aliphatic carboxylic acids is 2. The van der Waals surface area contributed by atoms with E-state index in [1.54, 1.807) is 0 Å². The Hall–Kier alpha value is -2.99. The van der Waals surface area contributed by atoms with Gasteiger partial charge in [-0.25, -0.2) is 9.59 Å². The highest BCUT2D eigenvalue weighted by molar-refractivity contribution is 5.90. The Kier molecular flexibility index (Phi) is 6.63. The summed E-state index contributed by atoms with van der Waals surface area (Å²) in [6.07, 6.45) is 3.28. The zero-order valence-electron chi connectivity index (χ0n) is 20.3. The molecule has 0 radical (unpaired) electrons. The van der Waals surface area contributed by atoms with E-state index < -0.39 is 35.8 Å². The first-order valence-electron chi connectivity index (χ1n) is 12.0. The van der Waals surface area contributed by atoms with Crippen molar-refractivity contribution in [1.29, 1.82) is 0 Å². The van der Waals surface area contributed by atoms with Gasteiger partial charge < -0.3 is 34.8 Å². The van der Waals surface area contributed by atoms with Crippen LogP contribution in [0.3, 0.4) is 0 Å². The monoisotopic (exact) mass is 504 g/mol.